The molecule has 0 aromatic carbocycles. The molecular formula is C12H17ClN2O3. The summed E-state index contributed by atoms with van der Waals surface area (Å²) in [4.78, 5) is 16.8. The predicted octanol–water partition coefficient (Wildman–Crippen LogP) is 2.15. The number of likely N-dealkylation sites (N-methyl/N-ethyl adjacent to an activating group) is 1. The molecule has 0 aliphatic carbocycles. The number of hydrogen-bond donors (Lipinski definition) is 1. The van der Waals surface area contributed by atoms with E-state index in [9.17, 15) is 4.79 Å². The molecule has 18 heavy (non-hydrogen) atoms. The second kappa shape index (κ2) is 7.18. The zero-order valence-electron chi connectivity index (χ0n) is 10.5. The monoisotopic (exact) mass is 272 g/mol. The van der Waals surface area contributed by atoms with Crippen molar-refractivity contribution in [3.8, 4) is 5.88 Å². The van der Waals surface area contributed by atoms with E-state index >= 15 is 0 Å². The summed E-state index contributed by atoms with van der Waals surface area (Å²) in [5, 5.41) is 8.98. The lowest BCUT2D eigenvalue weighted by Crippen LogP contribution is -2.28. The van der Waals surface area contributed by atoms with E-state index in [4.69, 9.17) is 21.4 Å². The van der Waals surface area contributed by atoms with Crippen LogP contribution in [0.3, 0.4) is 0 Å². The highest BCUT2D eigenvalue weighted by Gasteiger charge is 2.09. The van der Waals surface area contributed by atoms with Crippen LogP contribution >= 0.6 is 11.6 Å². The Bertz CT molecular complexity index is 408. The maximum Gasteiger partial charge on any atom is 0.337 e. The Morgan fingerprint density at radius 3 is 2.67 bits per heavy atom. The summed E-state index contributed by atoms with van der Waals surface area (Å²) in [6.45, 7) is 7.33. The average molecular weight is 273 g/mol. The van der Waals surface area contributed by atoms with Gasteiger partial charge in [0.15, 0.2) is 0 Å². The van der Waals surface area contributed by atoms with Crippen LogP contribution in [-0.2, 0) is 0 Å². The molecule has 0 atom stereocenters. The second-order valence-corrected chi connectivity index (χ2v) is 4.10. The minimum atomic E-state index is -1.06. The van der Waals surface area contributed by atoms with Crippen molar-refractivity contribution in [1.82, 2.24) is 9.88 Å². The highest BCUT2D eigenvalue weighted by molar-refractivity contribution is 6.32. The molecule has 0 saturated heterocycles. The minimum absolute atomic E-state index is 0.0519. The van der Waals surface area contributed by atoms with Crippen molar-refractivity contribution in [2.75, 3.05) is 26.2 Å². The Balaban J connectivity index is 2.55. The molecule has 0 aliphatic heterocycles. The average Bonchev–Trinajstić information content (AvgIpc) is 2.36. The molecule has 0 aliphatic rings. The molecule has 1 rings (SSSR count). The molecule has 5 nitrogen and oxygen atoms in total. The van der Waals surface area contributed by atoms with Gasteiger partial charge in [-0.3, -0.25) is 0 Å². The van der Waals surface area contributed by atoms with Gasteiger partial charge < -0.3 is 14.7 Å². The summed E-state index contributed by atoms with van der Waals surface area (Å²) in [7, 11) is 0. The fourth-order valence-electron chi connectivity index (χ4n) is 1.46. The van der Waals surface area contributed by atoms with Crippen LogP contribution in [0.25, 0.3) is 0 Å². The molecule has 100 valence electrons. The third-order valence-corrected chi connectivity index (χ3v) is 2.87. The minimum Gasteiger partial charge on any atom is -0.478 e. The van der Waals surface area contributed by atoms with Gasteiger partial charge in [-0.05, 0) is 19.2 Å². The van der Waals surface area contributed by atoms with Gasteiger partial charge >= 0.3 is 5.97 Å². The Morgan fingerprint density at radius 1 is 1.50 bits per heavy atom. The highest BCUT2D eigenvalue weighted by atomic mass is 35.5. The van der Waals surface area contributed by atoms with Gasteiger partial charge in [0, 0.05) is 12.7 Å². The molecule has 0 bridgehead atoms. The van der Waals surface area contributed by atoms with Gasteiger partial charge in [-0.25, -0.2) is 9.78 Å². The van der Waals surface area contributed by atoms with E-state index in [-0.39, 0.29) is 16.5 Å². The molecule has 1 heterocycles. The number of carbonyl (C=O) groups is 1. The second-order valence-electron chi connectivity index (χ2n) is 3.69. The van der Waals surface area contributed by atoms with E-state index in [0.717, 1.165) is 19.6 Å². The molecule has 0 radical (unpaired) electrons. The van der Waals surface area contributed by atoms with E-state index in [2.05, 4.69) is 23.7 Å². The Hall–Kier alpha value is -1.33. The quantitative estimate of drug-likeness (QED) is 0.824. The lowest BCUT2D eigenvalue weighted by molar-refractivity contribution is 0.0696. The number of carboxylic acid groups (broad SMARTS) is 1. The van der Waals surface area contributed by atoms with Crippen LogP contribution in [0.15, 0.2) is 12.3 Å². The van der Waals surface area contributed by atoms with E-state index in [0.29, 0.717) is 6.61 Å². The van der Waals surface area contributed by atoms with E-state index in [1.165, 1.54) is 12.3 Å². The first-order valence-electron chi connectivity index (χ1n) is 5.82. The standard InChI is InChI=1S/C12H17ClN2O3/c1-3-15(4-2)5-6-18-11-10(13)7-9(8-14-11)12(16)17/h7-8H,3-6H2,1-2H3,(H,16,17). The molecule has 0 fully saturated rings. The van der Waals surface area contributed by atoms with Crippen molar-refractivity contribution in [2.24, 2.45) is 0 Å². The van der Waals surface area contributed by atoms with Gasteiger partial charge in [0.25, 0.3) is 0 Å². The molecule has 0 saturated carbocycles. The van der Waals surface area contributed by atoms with Crippen molar-refractivity contribution < 1.29 is 14.6 Å². The van der Waals surface area contributed by atoms with Crippen molar-refractivity contribution in [2.45, 2.75) is 13.8 Å². The topological polar surface area (TPSA) is 62.7 Å². The number of rotatable bonds is 7. The van der Waals surface area contributed by atoms with Gasteiger partial charge in [-0.2, -0.15) is 0 Å². The molecule has 1 N–H and O–H groups in total. The maximum absolute atomic E-state index is 10.7. The summed E-state index contributed by atoms with van der Waals surface area (Å²) in [6, 6.07) is 1.34. The number of pyridine rings is 1. The predicted molar refractivity (Wildman–Crippen MR) is 69.5 cm³/mol. The van der Waals surface area contributed by atoms with Crippen LogP contribution in [0.5, 0.6) is 5.88 Å². The van der Waals surface area contributed by atoms with Gasteiger partial charge in [0.1, 0.15) is 11.6 Å². The van der Waals surface area contributed by atoms with Crippen LogP contribution in [0.1, 0.15) is 24.2 Å². The summed E-state index contributed by atoms with van der Waals surface area (Å²) < 4.78 is 5.43. The van der Waals surface area contributed by atoms with E-state index < -0.39 is 5.97 Å². The molecule has 1 aromatic rings. The highest BCUT2D eigenvalue weighted by Crippen LogP contribution is 2.22. The van der Waals surface area contributed by atoms with Gasteiger partial charge in [0.05, 0.1) is 5.56 Å². The van der Waals surface area contributed by atoms with Gasteiger partial charge in [-0.1, -0.05) is 25.4 Å². The van der Waals surface area contributed by atoms with Crippen molar-refractivity contribution in [3.63, 3.8) is 0 Å². The lowest BCUT2D eigenvalue weighted by Gasteiger charge is -2.17. The third-order valence-electron chi connectivity index (χ3n) is 2.60. The maximum atomic E-state index is 10.7. The number of aromatic nitrogens is 1. The molecule has 1 aromatic heterocycles. The van der Waals surface area contributed by atoms with Gasteiger partial charge in [-0.15, -0.1) is 0 Å². The van der Waals surface area contributed by atoms with Crippen LogP contribution in [0.4, 0.5) is 0 Å². The van der Waals surface area contributed by atoms with Gasteiger partial charge in [0.2, 0.25) is 5.88 Å². The first-order valence-corrected chi connectivity index (χ1v) is 6.20. The normalized spacial score (nSPS) is 10.7. The molecular weight excluding hydrogens is 256 g/mol. The number of hydrogen-bond acceptors (Lipinski definition) is 4. The Morgan fingerprint density at radius 2 is 2.17 bits per heavy atom. The fourth-order valence-corrected chi connectivity index (χ4v) is 1.68. The van der Waals surface area contributed by atoms with Crippen molar-refractivity contribution in [1.29, 1.82) is 0 Å². The summed E-state index contributed by atoms with van der Waals surface area (Å²) in [6.07, 6.45) is 1.24. The number of aromatic carboxylic acids is 1. The molecule has 0 spiro atoms. The zero-order valence-corrected chi connectivity index (χ0v) is 11.3. The zero-order chi connectivity index (χ0) is 13.5. The van der Waals surface area contributed by atoms with Crippen LogP contribution in [-0.4, -0.2) is 47.2 Å². The summed E-state index contributed by atoms with van der Waals surface area (Å²) in [5.41, 5.74) is 0.0519. The molecule has 0 unspecified atom stereocenters. The molecule has 6 heteroatoms. The Labute approximate surface area is 111 Å². The van der Waals surface area contributed by atoms with E-state index in [1.807, 2.05) is 0 Å². The SMILES string of the molecule is CCN(CC)CCOc1ncc(C(=O)O)cc1Cl. The van der Waals surface area contributed by atoms with Crippen LogP contribution < -0.4 is 4.74 Å². The first kappa shape index (κ1) is 14.7. The van der Waals surface area contributed by atoms with Crippen LogP contribution in [0.2, 0.25) is 5.02 Å². The van der Waals surface area contributed by atoms with Crippen molar-refractivity contribution >= 4 is 17.6 Å². The third kappa shape index (κ3) is 4.16. The largest absolute Gasteiger partial charge is 0.478 e. The van der Waals surface area contributed by atoms with Crippen molar-refractivity contribution in [3.05, 3.63) is 22.8 Å². The first-order chi connectivity index (χ1) is 8.58. The number of halogens is 1. The lowest BCUT2D eigenvalue weighted by atomic mass is 10.3. The summed E-state index contributed by atoms with van der Waals surface area (Å²) >= 11 is 5.89. The number of ether oxygens (including phenoxy) is 1. The fraction of sp³-hybridized carbons (Fsp3) is 0.500. The van der Waals surface area contributed by atoms with E-state index in [1.54, 1.807) is 0 Å². The van der Waals surface area contributed by atoms with Crippen LogP contribution in [0, 0.1) is 0 Å². The number of nitrogens with zero attached hydrogens (tertiary/aromatic N) is 2. The summed E-state index contributed by atoms with van der Waals surface area (Å²) in [5.74, 6) is -0.784. The molecule has 0 amide bonds. The number of carboxylic acids is 1. The smallest absolute Gasteiger partial charge is 0.337 e. The Kier molecular flexibility index (Phi) is 5.88.